The van der Waals surface area contributed by atoms with Crippen LogP contribution in [0.15, 0.2) is 47.5 Å². The van der Waals surface area contributed by atoms with Gasteiger partial charge in [-0.3, -0.25) is 14.7 Å². The van der Waals surface area contributed by atoms with Crippen molar-refractivity contribution >= 4 is 45.9 Å². The van der Waals surface area contributed by atoms with E-state index in [0.29, 0.717) is 58.4 Å². The largest absolute Gasteiger partial charge is 0.492 e. The number of carboxylic acid groups (broad SMARTS) is 1. The van der Waals surface area contributed by atoms with E-state index in [1.165, 1.54) is 17.0 Å². The molecule has 0 unspecified atom stereocenters. The van der Waals surface area contributed by atoms with Gasteiger partial charge in [0.1, 0.15) is 5.75 Å². The molecule has 1 aromatic heterocycles. The number of unbranched alkanes of at least 4 members (excludes halogenated alkanes) is 1. The van der Waals surface area contributed by atoms with Crippen LogP contribution < -0.4 is 15.6 Å². The highest BCUT2D eigenvalue weighted by Gasteiger charge is 2.07. The van der Waals surface area contributed by atoms with Crippen molar-refractivity contribution in [3.63, 3.8) is 0 Å². The summed E-state index contributed by atoms with van der Waals surface area (Å²) in [5, 5.41) is 12.4. The van der Waals surface area contributed by atoms with Crippen LogP contribution in [0.25, 0.3) is 10.9 Å². The first-order valence-corrected chi connectivity index (χ1v) is 9.26. The molecule has 0 aliphatic carbocycles. The third-order valence-corrected chi connectivity index (χ3v) is 4.57. The van der Waals surface area contributed by atoms with Crippen molar-refractivity contribution in [2.75, 3.05) is 11.9 Å². The van der Waals surface area contributed by atoms with E-state index in [-0.39, 0.29) is 5.56 Å². The quantitative estimate of drug-likeness (QED) is 0.541. The zero-order valence-electron chi connectivity index (χ0n) is 14.7. The maximum atomic E-state index is 12.6. The van der Waals surface area contributed by atoms with E-state index in [1.807, 2.05) is 0 Å². The Kier molecular flexibility index (Phi) is 6.38. The van der Waals surface area contributed by atoms with Gasteiger partial charge in [0, 0.05) is 23.3 Å². The van der Waals surface area contributed by atoms with Crippen molar-refractivity contribution in [3.05, 3.63) is 63.1 Å². The lowest BCUT2D eigenvalue weighted by Crippen LogP contribution is -2.21. The minimum absolute atomic E-state index is 0.224. The highest BCUT2D eigenvalue weighted by molar-refractivity contribution is 6.34. The smallest absolute Gasteiger partial charge is 0.409 e. The number of nitrogens with zero attached hydrogens (tertiary/aromatic N) is 2. The number of aromatic nitrogens is 2. The SMILES string of the molecule is O=C(O)Nc1ccc2ncn(CCCCOc3cc(Cl)ccc3Cl)c(=O)c2c1. The number of ether oxygens (including phenoxy) is 1. The molecule has 3 aromatic rings. The molecule has 0 aliphatic rings. The van der Waals surface area contributed by atoms with Crippen LogP contribution in [0.4, 0.5) is 10.5 Å². The molecule has 0 saturated carbocycles. The molecular formula is C19H17Cl2N3O4. The van der Waals surface area contributed by atoms with Gasteiger partial charge in [0.15, 0.2) is 0 Å². The summed E-state index contributed by atoms with van der Waals surface area (Å²) >= 11 is 12.0. The molecule has 0 atom stereocenters. The maximum Gasteiger partial charge on any atom is 0.409 e. The lowest BCUT2D eigenvalue weighted by atomic mass is 10.2. The molecule has 0 aliphatic heterocycles. The van der Waals surface area contributed by atoms with Gasteiger partial charge in [0.25, 0.3) is 5.56 Å². The topological polar surface area (TPSA) is 93.5 Å². The standard InChI is InChI=1S/C19H17Cl2N3O4/c20-12-3-5-15(21)17(9-12)28-8-2-1-7-24-11-22-16-6-4-13(23-19(26)27)10-14(16)18(24)25/h3-6,9-11,23H,1-2,7-8H2,(H,26,27). The maximum absolute atomic E-state index is 12.6. The van der Waals surface area contributed by atoms with Gasteiger partial charge in [-0.15, -0.1) is 0 Å². The Morgan fingerprint density at radius 2 is 2.00 bits per heavy atom. The number of halogens is 2. The molecule has 28 heavy (non-hydrogen) atoms. The molecule has 2 aromatic carbocycles. The van der Waals surface area contributed by atoms with E-state index in [1.54, 1.807) is 30.3 Å². The lowest BCUT2D eigenvalue weighted by Gasteiger charge is -2.10. The zero-order chi connectivity index (χ0) is 20.1. The van der Waals surface area contributed by atoms with Gasteiger partial charge in [0.05, 0.1) is 28.9 Å². The van der Waals surface area contributed by atoms with Crippen LogP contribution in [0.2, 0.25) is 10.0 Å². The van der Waals surface area contributed by atoms with E-state index in [0.717, 1.165) is 0 Å². The highest BCUT2D eigenvalue weighted by Crippen LogP contribution is 2.27. The summed E-state index contributed by atoms with van der Waals surface area (Å²) in [4.78, 5) is 27.6. The zero-order valence-corrected chi connectivity index (χ0v) is 16.2. The summed E-state index contributed by atoms with van der Waals surface area (Å²) in [5.74, 6) is 0.525. The lowest BCUT2D eigenvalue weighted by molar-refractivity contribution is 0.210. The normalized spacial score (nSPS) is 10.8. The molecule has 0 bridgehead atoms. The summed E-state index contributed by atoms with van der Waals surface area (Å²) in [5.41, 5.74) is 0.609. The fourth-order valence-electron chi connectivity index (χ4n) is 2.67. The Morgan fingerprint density at radius 1 is 1.18 bits per heavy atom. The Morgan fingerprint density at radius 3 is 2.79 bits per heavy atom. The van der Waals surface area contributed by atoms with E-state index < -0.39 is 6.09 Å². The van der Waals surface area contributed by atoms with Gasteiger partial charge in [-0.2, -0.15) is 0 Å². The van der Waals surface area contributed by atoms with Crippen LogP contribution in [0, 0.1) is 0 Å². The monoisotopic (exact) mass is 421 g/mol. The third-order valence-electron chi connectivity index (χ3n) is 4.02. The van der Waals surface area contributed by atoms with Crippen LogP contribution in [-0.2, 0) is 6.54 Å². The van der Waals surface area contributed by atoms with Crippen molar-refractivity contribution in [2.24, 2.45) is 0 Å². The highest BCUT2D eigenvalue weighted by atomic mass is 35.5. The first kappa shape index (κ1) is 20.0. The van der Waals surface area contributed by atoms with Crippen LogP contribution >= 0.6 is 23.2 Å². The Hall–Kier alpha value is -2.77. The fraction of sp³-hybridized carbons (Fsp3) is 0.211. The predicted molar refractivity (Wildman–Crippen MR) is 109 cm³/mol. The number of nitrogens with one attached hydrogen (secondary N) is 1. The van der Waals surface area contributed by atoms with Crippen molar-refractivity contribution in [1.82, 2.24) is 9.55 Å². The Labute approximate surface area is 170 Å². The van der Waals surface area contributed by atoms with Gasteiger partial charge < -0.3 is 9.84 Å². The van der Waals surface area contributed by atoms with Crippen molar-refractivity contribution < 1.29 is 14.6 Å². The molecule has 3 rings (SSSR count). The summed E-state index contributed by atoms with van der Waals surface area (Å²) in [6.07, 6.45) is 1.69. The van der Waals surface area contributed by atoms with Crippen molar-refractivity contribution in [3.8, 4) is 5.75 Å². The first-order chi connectivity index (χ1) is 13.4. The molecule has 0 fully saturated rings. The second-order valence-electron chi connectivity index (χ2n) is 6.04. The number of carbonyl (C=O) groups is 1. The van der Waals surface area contributed by atoms with Gasteiger partial charge in [0.2, 0.25) is 0 Å². The summed E-state index contributed by atoms with van der Waals surface area (Å²) in [6.45, 7) is 0.896. The molecule has 1 heterocycles. The Bertz CT molecular complexity index is 1070. The van der Waals surface area contributed by atoms with Crippen LogP contribution in [0.1, 0.15) is 12.8 Å². The second kappa shape index (κ2) is 8.95. The average Bonchev–Trinajstić information content (AvgIpc) is 2.65. The van der Waals surface area contributed by atoms with E-state index in [4.69, 9.17) is 33.0 Å². The number of hydrogen-bond acceptors (Lipinski definition) is 4. The van der Waals surface area contributed by atoms with Gasteiger partial charge in [-0.05, 0) is 43.2 Å². The van der Waals surface area contributed by atoms with Crippen molar-refractivity contribution in [2.45, 2.75) is 19.4 Å². The first-order valence-electron chi connectivity index (χ1n) is 8.51. The number of hydrogen-bond donors (Lipinski definition) is 2. The molecule has 7 nitrogen and oxygen atoms in total. The molecule has 0 radical (unpaired) electrons. The van der Waals surface area contributed by atoms with Crippen LogP contribution in [0.3, 0.4) is 0 Å². The Balaban J connectivity index is 1.61. The average molecular weight is 422 g/mol. The number of rotatable bonds is 7. The molecule has 1 amide bonds. The van der Waals surface area contributed by atoms with Crippen LogP contribution in [0.5, 0.6) is 5.75 Å². The predicted octanol–water partition coefficient (Wildman–Crippen LogP) is 4.65. The third kappa shape index (κ3) is 4.94. The summed E-state index contributed by atoms with van der Waals surface area (Å²) < 4.78 is 7.12. The number of benzene rings is 2. The number of aryl methyl sites for hydroxylation is 1. The minimum atomic E-state index is -1.19. The molecule has 2 N–H and O–H groups in total. The molecule has 0 spiro atoms. The molecule has 146 valence electrons. The van der Waals surface area contributed by atoms with Gasteiger partial charge in [-0.1, -0.05) is 23.2 Å². The fourth-order valence-corrected chi connectivity index (χ4v) is 3.01. The molecular weight excluding hydrogens is 405 g/mol. The molecule has 9 heteroatoms. The summed E-state index contributed by atoms with van der Waals surface area (Å²) in [6, 6.07) is 9.67. The van der Waals surface area contributed by atoms with Crippen LogP contribution in [-0.4, -0.2) is 27.4 Å². The molecule has 0 saturated heterocycles. The van der Waals surface area contributed by atoms with E-state index in [9.17, 15) is 9.59 Å². The minimum Gasteiger partial charge on any atom is -0.492 e. The summed E-state index contributed by atoms with van der Waals surface area (Å²) in [7, 11) is 0. The number of fused-ring (bicyclic) bond motifs is 1. The van der Waals surface area contributed by atoms with Crippen molar-refractivity contribution in [1.29, 1.82) is 0 Å². The second-order valence-corrected chi connectivity index (χ2v) is 6.88. The van der Waals surface area contributed by atoms with Gasteiger partial charge >= 0.3 is 6.09 Å². The van der Waals surface area contributed by atoms with Gasteiger partial charge in [-0.25, -0.2) is 9.78 Å². The number of amides is 1. The number of anilines is 1. The van der Waals surface area contributed by atoms with E-state index >= 15 is 0 Å². The van der Waals surface area contributed by atoms with E-state index in [2.05, 4.69) is 10.3 Å².